The summed E-state index contributed by atoms with van der Waals surface area (Å²) in [5, 5.41) is 0. The van der Waals surface area contributed by atoms with Crippen molar-refractivity contribution in [3.63, 3.8) is 0 Å². The number of hydrogen-bond donors (Lipinski definition) is 2. The molecule has 17 heavy (non-hydrogen) atoms. The number of fused-ring (bicyclic) bond motifs is 2. The molecule has 3 atom stereocenters. The maximum absolute atomic E-state index is 12.0. The number of rotatable bonds is 6. The second-order valence-corrected chi connectivity index (χ2v) is 7.18. The van der Waals surface area contributed by atoms with Gasteiger partial charge >= 0.3 is 0 Å². The first-order valence-electron chi connectivity index (χ1n) is 6.46. The first-order chi connectivity index (χ1) is 8.03. The molecule has 0 amide bonds. The molecule has 3 N–H and O–H groups in total. The molecule has 0 saturated heterocycles. The van der Waals surface area contributed by atoms with Crippen molar-refractivity contribution in [3.05, 3.63) is 0 Å². The van der Waals surface area contributed by atoms with Crippen LogP contribution in [0.2, 0.25) is 0 Å². The van der Waals surface area contributed by atoms with Crippen molar-refractivity contribution in [1.29, 1.82) is 0 Å². The fraction of sp³-hybridized carbons (Fsp3) is 1.00. The van der Waals surface area contributed by atoms with Gasteiger partial charge in [0.25, 0.3) is 10.2 Å². The van der Waals surface area contributed by atoms with Gasteiger partial charge in [-0.15, -0.1) is 0 Å². The first kappa shape index (κ1) is 13.3. The highest BCUT2D eigenvalue weighted by molar-refractivity contribution is 7.87. The molecule has 0 radical (unpaired) electrons. The smallest absolute Gasteiger partial charge is 0.279 e. The molecule has 0 aromatic rings. The van der Waals surface area contributed by atoms with Crippen LogP contribution in [0.3, 0.4) is 0 Å². The Kier molecular flexibility index (Phi) is 4.07. The Morgan fingerprint density at radius 1 is 1.35 bits per heavy atom. The van der Waals surface area contributed by atoms with E-state index in [1.54, 1.807) is 7.05 Å². The van der Waals surface area contributed by atoms with E-state index in [0.29, 0.717) is 25.4 Å². The Morgan fingerprint density at radius 2 is 2.12 bits per heavy atom. The first-order valence-corrected chi connectivity index (χ1v) is 7.90. The van der Waals surface area contributed by atoms with Gasteiger partial charge < -0.3 is 5.73 Å². The Bertz CT molecular complexity index is 358. The van der Waals surface area contributed by atoms with Crippen LogP contribution in [0.1, 0.15) is 32.1 Å². The zero-order valence-electron chi connectivity index (χ0n) is 10.4. The Hall–Kier alpha value is -0.170. The van der Waals surface area contributed by atoms with Crippen LogP contribution in [0, 0.1) is 11.8 Å². The maximum Gasteiger partial charge on any atom is 0.279 e. The lowest BCUT2D eigenvalue weighted by molar-refractivity contribution is 0.373. The van der Waals surface area contributed by atoms with Gasteiger partial charge in [-0.25, -0.2) is 0 Å². The van der Waals surface area contributed by atoms with Crippen LogP contribution >= 0.6 is 0 Å². The maximum atomic E-state index is 12.0. The fourth-order valence-corrected chi connectivity index (χ4v) is 4.33. The summed E-state index contributed by atoms with van der Waals surface area (Å²) in [5.41, 5.74) is 5.39. The lowest BCUT2D eigenvalue weighted by Gasteiger charge is -2.26. The zero-order chi connectivity index (χ0) is 12.5. The standard InChI is InChI=1S/C11H23N3O2S/c1-14(6-2-5-12)17(15,16)13-11-8-9-3-4-10(11)7-9/h9-11,13H,2-8,12H2,1H3. The van der Waals surface area contributed by atoms with Crippen LogP contribution in [0.5, 0.6) is 0 Å². The molecule has 5 nitrogen and oxygen atoms in total. The summed E-state index contributed by atoms with van der Waals surface area (Å²) in [6.07, 6.45) is 5.40. The number of nitrogens with one attached hydrogen (secondary N) is 1. The van der Waals surface area contributed by atoms with E-state index in [2.05, 4.69) is 4.72 Å². The molecule has 6 heteroatoms. The molecule has 0 heterocycles. The Balaban J connectivity index is 1.88. The third-order valence-corrected chi connectivity index (χ3v) is 5.73. The van der Waals surface area contributed by atoms with Gasteiger partial charge in [0.15, 0.2) is 0 Å². The van der Waals surface area contributed by atoms with Crippen LogP contribution in [0.15, 0.2) is 0 Å². The predicted molar refractivity (Wildman–Crippen MR) is 67.6 cm³/mol. The van der Waals surface area contributed by atoms with Gasteiger partial charge in [0.2, 0.25) is 0 Å². The highest BCUT2D eigenvalue weighted by Gasteiger charge is 2.41. The molecule has 2 rings (SSSR count). The van der Waals surface area contributed by atoms with Crippen molar-refractivity contribution in [3.8, 4) is 0 Å². The Morgan fingerprint density at radius 3 is 2.65 bits per heavy atom. The van der Waals surface area contributed by atoms with E-state index in [9.17, 15) is 8.42 Å². The number of nitrogens with two attached hydrogens (primary N) is 1. The molecule has 0 aliphatic heterocycles. The molecular formula is C11H23N3O2S. The molecule has 0 aromatic heterocycles. The molecular weight excluding hydrogens is 238 g/mol. The van der Waals surface area contributed by atoms with Crippen LogP contribution in [0.4, 0.5) is 0 Å². The third-order valence-electron chi connectivity index (χ3n) is 4.13. The summed E-state index contributed by atoms with van der Waals surface area (Å²) >= 11 is 0. The average Bonchev–Trinajstić information content (AvgIpc) is 2.86. The van der Waals surface area contributed by atoms with E-state index < -0.39 is 10.2 Å². The summed E-state index contributed by atoms with van der Waals surface area (Å²) in [7, 11) is -1.69. The molecule has 100 valence electrons. The summed E-state index contributed by atoms with van der Waals surface area (Å²) in [6, 6.07) is 0.166. The minimum atomic E-state index is -3.31. The van der Waals surface area contributed by atoms with Crippen molar-refractivity contribution in [2.75, 3.05) is 20.1 Å². The van der Waals surface area contributed by atoms with Crippen LogP contribution in [-0.2, 0) is 10.2 Å². The highest BCUT2D eigenvalue weighted by Crippen LogP contribution is 2.44. The van der Waals surface area contributed by atoms with Gasteiger partial charge in [-0.05, 0) is 44.1 Å². The predicted octanol–water partition coefficient (Wildman–Crippen LogP) is 0.290. The summed E-state index contributed by atoms with van der Waals surface area (Å²) < 4.78 is 28.3. The van der Waals surface area contributed by atoms with Gasteiger partial charge in [-0.2, -0.15) is 17.4 Å². The molecule has 3 unspecified atom stereocenters. The Labute approximate surface area is 104 Å². The van der Waals surface area contributed by atoms with Gasteiger partial charge in [0, 0.05) is 19.6 Å². The van der Waals surface area contributed by atoms with Crippen molar-refractivity contribution in [1.82, 2.24) is 9.03 Å². The van der Waals surface area contributed by atoms with E-state index in [-0.39, 0.29) is 6.04 Å². The minimum Gasteiger partial charge on any atom is -0.330 e. The quantitative estimate of drug-likeness (QED) is 0.721. The van der Waals surface area contributed by atoms with E-state index in [1.165, 1.54) is 23.6 Å². The molecule has 2 bridgehead atoms. The fourth-order valence-electron chi connectivity index (χ4n) is 3.10. The monoisotopic (exact) mass is 261 g/mol. The summed E-state index contributed by atoms with van der Waals surface area (Å²) in [6.45, 7) is 1.01. The topological polar surface area (TPSA) is 75.4 Å². The normalized spacial score (nSPS) is 32.5. The van der Waals surface area contributed by atoms with Crippen LogP contribution in [0.25, 0.3) is 0 Å². The van der Waals surface area contributed by atoms with Crippen LogP contribution < -0.4 is 10.5 Å². The number of nitrogens with zero attached hydrogens (tertiary/aromatic N) is 1. The SMILES string of the molecule is CN(CCCN)S(=O)(=O)NC1CC2CCC1C2. The van der Waals surface area contributed by atoms with Gasteiger partial charge in [-0.1, -0.05) is 6.42 Å². The van der Waals surface area contributed by atoms with Gasteiger partial charge in [0.1, 0.15) is 0 Å². The van der Waals surface area contributed by atoms with Gasteiger partial charge in [-0.3, -0.25) is 0 Å². The highest BCUT2D eigenvalue weighted by atomic mass is 32.2. The molecule has 2 aliphatic rings. The molecule has 0 spiro atoms. The van der Waals surface area contributed by atoms with Crippen molar-refractivity contribution >= 4 is 10.2 Å². The number of hydrogen-bond acceptors (Lipinski definition) is 3. The largest absolute Gasteiger partial charge is 0.330 e. The van der Waals surface area contributed by atoms with E-state index >= 15 is 0 Å². The third kappa shape index (κ3) is 2.99. The van der Waals surface area contributed by atoms with E-state index in [4.69, 9.17) is 5.73 Å². The lowest BCUT2D eigenvalue weighted by atomic mass is 9.96. The van der Waals surface area contributed by atoms with Gasteiger partial charge in [0.05, 0.1) is 0 Å². The van der Waals surface area contributed by atoms with Crippen LogP contribution in [-0.4, -0.2) is 38.9 Å². The molecule has 0 aromatic carbocycles. The van der Waals surface area contributed by atoms with Crippen molar-refractivity contribution < 1.29 is 8.42 Å². The second-order valence-electron chi connectivity index (χ2n) is 5.37. The average molecular weight is 261 g/mol. The second kappa shape index (κ2) is 5.22. The van der Waals surface area contributed by atoms with Crippen molar-refractivity contribution in [2.24, 2.45) is 17.6 Å². The minimum absolute atomic E-state index is 0.166. The lowest BCUT2D eigenvalue weighted by Crippen LogP contribution is -2.46. The molecule has 2 saturated carbocycles. The zero-order valence-corrected chi connectivity index (χ0v) is 11.2. The van der Waals surface area contributed by atoms with Crippen molar-refractivity contribution in [2.45, 2.75) is 38.1 Å². The van der Waals surface area contributed by atoms with E-state index in [0.717, 1.165) is 12.3 Å². The molecule has 2 fully saturated rings. The summed E-state index contributed by atoms with van der Waals surface area (Å²) in [5.74, 6) is 1.32. The molecule has 2 aliphatic carbocycles. The van der Waals surface area contributed by atoms with E-state index in [1.807, 2.05) is 0 Å². The summed E-state index contributed by atoms with van der Waals surface area (Å²) in [4.78, 5) is 0.